The van der Waals surface area contributed by atoms with Gasteiger partial charge in [-0.25, -0.2) is 4.68 Å². The van der Waals surface area contributed by atoms with Crippen LogP contribution in [0.25, 0.3) is 16.4 Å². The molecule has 3 fully saturated rings. The molecule has 2 unspecified atom stereocenters. The molecule has 0 bridgehead atoms. The number of aromatic nitrogens is 2. The Morgan fingerprint density at radius 1 is 0.921 bits per heavy atom. The summed E-state index contributed by atoms with van der Waals surface area (Å²) >= 11 is 0. The molecule has 10 heteroatoms. The Morgan fingerprint density at radius 3 is 2.03 bits per heavy atom. The van der Waals surface area contributed by atoms with E-state index in [1.165, 1.54) is 0 Å². The lowest BCUT2D eigenvalue weighted by atomic mass is 9.61. The van der Waals surface area contributed by atoms with E-state index in [0.717, 1.165) is 65.1 Å². The molecule has 0 spiro atoms. The minimum Gasteiger partial charge on any atom is -0.400 e. The number of nitrogens with zero attached hydrogens (tertiary/aromatic N) is 2. The summed E-state index contributed by atoms with van der Waals surface area (Å²) in [5.41, 5.74) is 3.15. The first-order chi connectivity index (χ1) is 17.7. The van der Waals surface area contributed by atoms with E-state index in [-0.39, 0.29) is 6.23 Å². The Kier molecular flexibility index (Phi) is 7.24. The fourth-order valence-corrected chi connectivity index (χ4v) is 5.73. The van der Waals surface area contributed by atoms with Crippen molar-refractivity contribution in [3.05, 3.63) is 29.2 Å². The van der Waals surface area contributed by atoms with E-state index in [0.29, 0.717) is 0 Å². The molecular weight excluding hydrogens is 497 g/mol. The summed E-state index contributed by atoms with van der Waals surface area (Å²) in [6.45, 7) is 19.6. The minimum absolute atomic E-state index is 0.0273. The van der Waals surface area contributed by atoms with Crippen LogP contribution >= 0.6 is 9.24 Å². The van der Waals surface area contributed by atoms with Crippen molar-refractivity contribution in [1.82, 2.24) is 9.78 Å². The molecule has 2 aromatic rings. The zero-order valence-electron chi connectivity index (χ0n) is 24.5. The monoisotopic (exact) mass is 540 g/mol. The van der Waals surface area contributed by atoms with Crippen LogP contribution in [-0.2, 0) is 23.4 Å². The molecule has 0 amide bonds. The summed E-state index contributed by atoms with van der Waals surface area (Å²) in [5.74, 6) is 0. The van der Waals surface area contributed by atoms with Crippen molar-refractivity contribution in [2.45, 2.75) is 117 Å². The average Bonchev–Trinajstić information content (AvgIpc) is 3.36. The zero-order chi connectivity index (χ0) is 27.7. The Bertz CT molecular complexity index is 1220. The number of benzene rings is 1. The van der Waals surface area contributed by atoms with E-state index >= 15 is 0 Å². The largest absolute Gasteiger partial charge is 0.494 e. The van der Waals surface area contributed by atoms with Crippen LogP contribution < -0.4 is 5.44 Å². The number of rotatable bonds is 5. The van der Waals surface area contributed by atoms with Crippen LogP contribution in [0, 0.1) is 0 Å². The van der Waals surface area contributed by atoms with Gasteiger partial charge in [0.1, 0.15) is 0 Å². The second-order valence-electron chi connectivity index (χ2n) is 12.9. The lowest BCUT2D eigenvalue weighted by molar-refractivity contribution is -0.0364. The summed E-state index contributed by atoms with van der Waals surface area (Å²) in [5, 5.41) is 5.93. The molecule has 1 aromatic heterocycles. The molecule has 38 heavy (non-hydrogen) atoms. The van der Waals surface area contributed by atoms with Crippen LogP contribution in [-0.4, -0.2) is 53.0 Å². The van der Waals surface area contributed by atoms with E-state index in [1.54, 1.807) is 0 Å². The van der Waals surface area contributed by atoms with Crippen LogP contribution in [0.1, 0.15) is 99.8 Å². The van der Waals surface area contributed by atoms with Crippen molar-refractivity contribution in [3.8, 4) is 0 Å². The molecule has 4 heterocycles. The Balaban J connectivity index is 1.64. The highest BCUT2D eigenvalue weighted by atomic mass is 31.0. The molecule has 3 saturated heterocycles. The number of fused-ring (bicyclic) bond motifs is 1. The normalized spacial score (nSPS) is 26.7. The van der Waals surface area contributed by atoms with E-state index in [9.17, 15) is 0 Å². The fraction of sp³-hybridized carbons (Fsp3) is 0.679. The first-order valence-electron chi connectivity index (χ1n) is 14.0. The molecule has 1 aromatic carbocycles. The van der Waals surface area contributed by atoms with Gasteiger partial charge < -0.3 is 23.4 Å². The van der Waals surface area contributed by atoms with Crippen LogP contribution in [0.3, 0.4) is 0 Å². The van der Waals surface area contributed by atoms with Crippen LogP contribution in [0.5, 0.6) is 0 Å². The Hall–Kier alpha value is -1.21. The second-order valence-corrected chi connectivity index (χ2v) is 13.4. The third-order valence-electron chi connectivity index (χ3n) is 9.23. The van der Waals surface area contributed by atoms with Gasteiger partial charge in [-0.1, -0.05) is 22.2 Å². The summed E-state index contributed by atoms with van der Waals surface area (Å²) < 4.78 is 34.5. The van der Waals surface area contributed by atoms with Gasteiger partial charge in [-0.3, -0.25) is 0 Å². The van der Waals surface area contributed by atoms with Gasteiger partial charge in [-0.15, -0.1) is 0 Å². The van der Waals surface area contributed by atoms with Gasteiger partial charge in [0.2, 0.25) is 0 Å². The highest BCUT2D eigenvalue weighted by molar-refractivity contribution is 7.27. The topological polar surface area (TPSA) is 64.0 Å². The highest BCUT2D eigenvalue weighted by Crippen LogP contribution is 2.45. The molecule has 2 atom stereocenters. The van der Waals surface area contributed by atoms with Gasteiger partial charge in [-0.05, 0) is 110 Å². The highest BCUT2D eigenvalue weighted by Gasteiger charge is 2.56. The second kappa shape index (κ2) is 9.71. The van der Waals surface area contributed by atoms with Crippen molar-refractivity contribution < 1.29 is 23.4 Å². The van der Waals surface area contributed by atoms with Crippen molar-refractivity contribution in [2.24, 2.45) is 0 Å². The number of hydrogen-bond acceptors (Lipinski definition) is 6. The van der Waals surface area contributed by atoms with Crippen LogP contribution in [0.4, 0.5) is 0 Å². The smallest absolute Gasteiger partial charge is 0.400 e. The maximum atomic E-state index is 6.63. The maximum absolute atomic E-state index is 6.63. The zero-order valence-corrected chi connectivity index (χ0v) is 25.7. The van der Waals surface area contributed by atoms with Gasteiger partial charge >= 0.3 is 14.2 Å². The molecular formula is C28H43B2N2O5P. The van der Waals surface area contributed by atoms with E-state index in [1.807, 2.05) is 4.68 Å². The summed E-state index contributed by atoms with van der Waals surface area (Å²) in [4.78, 5) is 0. The first-order valence-corrected chi connectivity index (χ1v) is 14.6. The molecule has 0 radical (unpaired) electrons. The molecule has 5 rings (SSSR count). The molecule has 0 aliphatic carbocycles. The molecule has 0 N–H and O–H groups in total. The standard InChI is InChI=1S/C28H43B2N2O5P/c1-10-20(29-34-25(2,3)26(4,5)35-29)23(30-36-27(6,7)28(8,9)37-30)18-14-15-21-19(17-18)24(38)31-32(21)22-13-11-12-16-33-22/h14-15,17,22H,10-13,16,38H2,1-9H3/b23-20-. The third-order valence-corrected chi connectivity index (χ3v) is 9.65. The average molecular weight is 540 g/mol. The van der Waals surface area contributed by atoms with Gasteiger partial charge in [0.25, 0.3) is 0 Å². The fourth-order valence-electron chi connectivity index (χ4n) is 5.37. The van der Waals surface area contributed by atoms with Crippen molar-refractivity contribution in [1.29, 1.82) is 0 Å². The quantitative estimate of drug-likeness (QED) is 0.360. The van der Waals surface area contributed by atoms with E-state index < -0.39 is 36.6 Å². The number of hydrogen-bond donors (Lipinski definition) is 0. The summed E-state index contributed by atoms with van der Waals surface area (Å²) in [6.07, 6.45) is 3.94. The molecule has 3 aliphatic rings. The predicted molar refractivity (Wildman–Crippen MR) is 157 cm³/mol. The Morgan fingerprint density at radius 2 is 1.50 bits per heavy atom. The van der Waals surface area contributed by atoms with E-state index in [2.05, 4.69) is 89.8 Å². The molecule has 3 aliphatic heterocycles. The van der Waals surface area contributed by atoms with Gasteiger partial charge in [0.15, 0.2) is 6.23 Å². The molecule has 206 valence electrons. The van der Waals surface area contributed by atoms with Gasteiger partial charge in [0, 0.05) is 12.0 Å². The maximum Gasteiger partial charge on any atom is 0.494 e. The van der Waals surface area contributed by atoms with Gasteiger partial charge in [0.05, 0.1) is 33.4 Å². The summed E-state index contributed by atoms with van der Waals surface area (Å²) in [6, 6.07) is 6.49. The number of ether oxygens (including phenoxy) is 1. The van der Waals surface area contributed by atoms with Crippen molar-refractivity contribution in [3.63, 3.8) is 0 Å². The number of allylic oxidation sites excluding steroid dienone is 1. The lowest BCUT2D eigenvalue weighted by Crippen LogP contribution is -2.41. The molecule has 0 saturated carbocycles. The summed E-state index contributed by atoms with van der Waals surface area (Å²) in [7, 11) is 1.75. The lowest BCUT2D eigenvalue weighted by Gasteiger charge is -2.32. The van der Waals surface area contributed by atoms with Gasteiger partial charge in [-0.2, -0.15) is 5.10 Å². The third kappa shape index (κ3) is 4.71. The van der Waals surface area contributed by atoms with Crippen LogP contribution in [0.2, 0.25) is 0 Å². The molecule has 7 nitrogen and oxygen atoms in total. The SMILES string of the molecule is CC/C(B1OC(C)(C)C(C)(C)O1)=C(/B1OC(C)(C)C(C)(C)O1)c1ccc2c(c1)c(P)nn2C1CCCCO1. The first kappa shape index (κ1) is 28.3. The minimum atomic E-state index is -0.559. The van der Waals surface area contributed by atoms with Crippen molar-refractivity contribution in [2.75, 3.05) is 6.61 Å². The van der Waals surface area contributed by atoms with Crippen LogP contribution in [0.15, 0.2) is 23.7 Å². The predicted octanol–water partition coefficient (Wildman–Crippen LogP) is 5.66. The van der Waals surface area contributed by atoms with E-state index in [4.69, 9.17) is 28.5 Å². The van der Waals surface area contributed by atoms with Crippen molar-refractivity contribution >= 4 is 45.3 Å². The Labute approximate surface area is 230 Å².